The van der Waals surface area contributed by atoms with Crippen LogP contribution in [0.1, 0.15) is 38.4 Å². The molecule has 9 aromatic rings. The third kappa shape index (κ3) is 7.93. The van der Waals surface area contributed by atoms with Crippen molar-refractivity contribution in [3.8, 4) is 11.3 Å². The standard InChI is InChI=1S/C16H14N2.C16H12N2.C8H7N.C4H10O.CH4/c2*1-3-7-14-11(5-1)9-16(18-14)13-10-17-15-8-4-2-6-12(13)15;1-2-4-8-7(3-1)5-6-9-8;1-3-5-4-2;/h1-8,10,16-18H,9H2;1-10,17-18H;1-6,9H;3-4H2,1-2H3;1H4. The van der Waals surface area contributed by atoms with Crippen molar-refractivity contribution in [2.24, 2.45) is 0 Å². The molecule has 0 amide bonds. The summed E-state index contributed by atoms with van der Waals surface area (Å²) in [5.41, 5.74) is 11.2. The summed E-state index contributed by atoms with van der Waals surface area (Å²) in [4.78, 5) is 13.3. The highest BCUT2D eigenvalue weighted by Gasteiger charge is 2.23. The van der Waals surface area contributed by atoms with E-state index in [1.165, 1.54) is 66.0 Å². The van der Waals surface area contributed by atoms with Crippen molar-refractivity contribution >= 4 is 49.3 Å². The molecule has 4 aromatic heterocycles. The van der Waals surface area contributed by atoms with E-state index < -0.39 is 0 Å². The van der Waals surface area contributed by atoms with Crippen LogP contribution in [0.15, 0.2) is 152 Å². The fourth-order valence-corrected chi connectivity index (χ4v) is 6.58. The number of rotatable bonds is 4. The van der Waals surface area contributed by atoms with Crippen molar-refractivity contribution in [3.05, 3.63) is 163 Å². The number of nitrogens with one attached hydrogen (secondary N) is 5. The summed E-state index contributed by atoms with van der Waals surface area (Å²) in [6, 6.07) is 46.6. The van der Waals surface area contributed by atoms with Crippen molar-refractivity contribution in [1.82, 2.24) is 19.9 Å². The summed E-state index contributed by atoms with van der Waals surface area (Å²) < 4.78 is 4.83. The molecule has 0 radical (unpaired) electrons. The molecule has 5 N–H and O–H groups in total. The van der Waals surface area contributed by atoms with E-state index in [9.17, 15) is 0 Å². The molecule has 10 rings (SSSR count). The molecule has 0 fully saturated rings. The Balaban J connectivity index is 0.000000128. The number of aromatic amines is 4. The first-order valence-electron chi connectivity index (χ1n) is 17.4. The van der Waals surface area contributed by atoms with Gasteiger partial charge in [0.1, 0.15) is 0 Å². The Labute approximate surface area is 299 Å². The van der Waals surface area contributed by atoms with E-state index in [-0.39, 0.29) is 7.43 Å². The van der Waals surface area contributed by atoms with Gasteiger partial charge in [-0.3, -0.25) is 0 Å². The maximum Gasteiger partial charge on any atom is 0.0576 e. The first-order chi connectivity index (χ1) is 24.7. The second kappa shape index (κ2) is 16.6. The van der Waals surface area contributed by atoms with Crippen LogP contribution < -0.4 is 5.32 Å². The molecule has 0 saturated heterocycles. The molecule has 258 valence electrons. The van der Waals surface area contributed by atoms with Gasteiger partial charge in [-0.1, -0.05) is 98.4 Å². The van der Waals surface area contributed by atoms with Crippen LogP contribution in [0, 0.1) is 0 Å². The number of benzene rings is 5. The van der Waals surface area contributed by atoms with Gasteiger partial charge in [0.25, 0.3) is 0 Å². The Morgan fingerprint density at radius 2 is 1.20 bits per heavy atom. The second-order valence-electron chi connectivity index (χ2n) is 12.2. The lowest BCUT2D eigenvalue weighted by Gasteiger charge is -2.10. The normalized spacial score (nSPS) is 12.9. The van der Waals surface area contributed by atoms with Crippen LogP contribution in [0.25, 0.3) is 54.9 Å². The van der Waals surface area contributed by atoms with E-state index >= 15 is 0 Å². The van der Waals surface area contributed by atoms with Gasteiger partial charge in [-0.2, -0.15) is 0 Å². The van der Waals surface area contributed by atoms with Crippen molar-refractivity contribution in [1.29, 1.82) is 0 Å². The van der Waals surface area contributed by atoms with E-state index in [2.05, 4.69) is 153 Å². The monoisotopic (exact) mass is 673 g/mol. The van der Waals surface area contributed by atoms with Gasteiger partial charge >= 0.3 is 0 Å². The number of hydrogen-bond acceptors (Lipinski definition) is 2. The molecular formula is C45H47N5O. The van der Waals surface area contributed by atoms with Crippen LogP contribution in [0.5, 0.6) is 0 Å². The molecule has 1 aliphatic heterocycles. The Hall–Kier alpha value is -5.98. The largest absolute Gasteiger partial charge is 0.382 e. The first kappa shape index (κ1) is 34.9. The predicted molar refractivity (Wildman–Crippen MR) is 218 cm³/mol. The minimum Gasteiger partial charge on any atom is -0.382 e. The van der Waals surface area contributed by atoms with Crippen molar-refractivity contribution < 1.29 is 4.74 Å². The number of hydrogen-bond donors (Lipinski definition) is 5. The summed E-state index contributed by atoms with van der Waals surface area (Å²) >= 11 is 0. The fraction of sp³-hybridized carbons (Fsp3) is 0.156. The van der Waals surface area contributed by atoms with Gasteiger partial charge < -0.3 is 30.0 Å². The molecule has 0 bridgehead atoms. The van der Waals surface area contributed by atoms with E-state index in [0.29, 0.717) is 6.04 Å². The molecule has 6 nitrogen and oxygen atoms in total. The molecular weight excluding hydrogens is 627 g/mol. The van der Waals surface area contributed by atoms with Crippen molar-refractivity contribution in [2.75, 3.05) is 18.5 Å². The minimum absolute atomic E-state index is 0. The second-order valence-corrected chi connectivity index (χ2v) is 12.2. The van der Waals surface area contributed by atoms with Crippen molar-refractivity contribution in [2.45, 2.75) is 33.7 Å². The van der Waals surface area contributed by atoms with Gasteiger partial charge in [0, 0.05) is 87.0 Å². The minimum atomic E-state index is 0. The van der Waals surface area contributed by atoms with Crippen LogP contribution in [-0.2, 0) is 11.2 Å². The Morgan fingerprint density at radius 3 is 1.90 bits per heavy atom. The number of H-pyrrole nitrogens is 4. The smallest absolute Gasteiger partial charge is 0.0576 e. The van der Waals surface area contributed by atoms with Gasteiger partial charge in [0.05, 0.1) is 6.04 Å². The van der Waals surface area contributed by atoms with Gasteiger partial charge in [-0.15, -0.1) is 0 Å². The Bertz CT molecular complexity index is 2340. The van der Waals surface area contributed by atoms with Gasteiger partial charge in [-0.25, -0.2) is 0 Å². The predicted octanol–water partition coefficient (Wildman–Crippen LogP) is 12.0. The van der Waals surface area contributed by atoms with E-state index in [4.69, 9.17) is 4.74 Å². The summed E-state index contributed by atoms with van der Waals surface area (Å²) in [6.45, 7) is 5.67. The summed E-state index contributed by atoms with van der Waals surface area (Å²) in [7, 11) is 0. The zero-order valence-corrected chi connectivity index (χ0v) is 28.5. The molecule has 51 heavy (non-hydrogen) atoms. The van der Waals surface area contributed by atoms with E-state index in [1.54, 1.807) is 0 Å². The molecule has 5 aromatic carbocycles. The van der Waals surface area contributed by atoms with Crippen LogP contribution in [0.4, 0.5) is 5.69 Å². The molecule has 5 heterocycles. The van der Waals surface area contributed by atoms with Crippen LogP contribution in [0.3, 0.4) is 0 Å². The number of fused-ring (bicyclic) bond motifs is 5. The topological polar surface area (TPSA) is 84.4 Å². The van der Waals surface area contributed by atoms with E-state index in [0.717, 1.165) is 25.3 Å². The van der Waals surface area contributed by atoms with Crippen LogP contribution in [-0.4, -0.2) is 33.1 Å². The highest BCUT2D eigenvalue weighted by atomic mass is 16.5. The molecule has 6 heteroatoms. The third-order valence-corrected chi connectivity index (χ3v) is 9.05. The Morgan fingerprint density at radius 1 is 0.588 bits per heavy atom. The highest BCUT2D eigenvalue weighted by Crippen LogP contribution is 2.36. The first-order valence-corrected chi connectivity index (χ1v) is 17.4. The molecule has 1 aliphatic rings. The SMILES string of the molecule is C.CCOCC.c1ccc2[nH]c(-c3c[nH]c4ccccc34)cc2c1.c1ccc2[nH]ccc2c1.c1ccc2c(c1)CC(c1c[nH]c3ccccc13)N2. The lowest BCUT2D eigenvalue weighted by atomic mass is 10.0. The van der Waals surface area contributed by atoms with Crippen molar-refractivity contribution in [3.63, 3.8) is 0 Å². The molecule has 1 unspecified atom stereocenters. The van der Waals surface area contributed by atoms with Gasteiger partial charge in [-0.05, 0) is 79.2 Å². The van der Waals surface area contributed by atoms with E-state index in [1.807, 2.05) is 38.2 Å². The molecule has 0 spiro atoms. The average molecular weight is 674 g/mol. The summed E-state index contributed by atoms with van der Waals surface area (Å²) in [6.07, 6.45) is 7.21. The Kier molecular flexibility index (Phi) is 11.4. The maximum atomic E-state index is 4.83. The van der Waals surface area contributed by atoms with Gasteiger partial charge in [0.15, 0.2) is 0 Å². The highest BCUT2D eigenvalue weighted by molar-refractivity contribution is 5.97. The average Bonchev–Trinajstić information content (AvgIpc) is 4.01. The summed E-state index contributed by atoms with van der Waals surface area (Å²) in [5, 5.41) is 8.71. The third-order valence-electron chi connectivity index (χ3n) is 9.05. The fourth-order valence-electron chi connectivity index (χ4n) is 6.58. The summed E-state index contributed by atoms with van der Waals surface area (Å²) in [5.74, 6) is 0. The zero-order valence-electron chi connectivity index (χ0n) is 28.5. The van der Waals surface area contributed by atoms with Crippen LogP contribution >= 0.6 is 0 Å². The number of ether oxygens (including phenoxy) is 1. The number of para-hydroxylation sites is 5. The van der Waals surface area contributed by atoms with Gasteiger partial charge in [0.2, 0.25) is 0 Å². The lowest BCUT2D eigenvalue weighted by Crippen LogP contribution is -2.04. The quantitative estimate of drug-likeness (QED) is 0.129. The number of anilines is 1. The van der Waals surface area contributed by atoms with Crippen LogP contribution in [0.2, 0.25) is 0 Å². The molecule has 1 atom stereocenters. The molecule has 0 aliphatic carbocycles. The zero-order chi connectivity index (χ0) is 34.1. The lowest BCUT2D eigenvalue weighted by molar-refractivity contribution is 0.162. The number of aromatic nitrogens is 4. The maximum absolute atomic E-state index is 4.83. The molecule has 0 saturated carbocycles.